The maximum absolute atomic E-state index is 12.7. The number of ketones is 1. The minimum Gasteiger partial charge on any atom is -0.300 e. The summed E-state index contributed by atoms with van der Waals surface area (Å²) < 4.78 is 25.4. The van der Waals surface area contributed by atoms with Crippen LogP contribution >= 0.6 is 0 Å². The Balaban J connectivity index is 2.13. The molecule has 3 atom stereocenters. The van der Waals surface area contributed by atoms with Crippen LogP contribution in [0.15, 0.2) is 0 Å². The smallest absolute Gasteiger partial charge is 0.253 e. The molecule has 2 fully saturated rings. The zero-order chi connectivity index (χ0) is 11.0. The van der Waals surface area contributed by atoms with Crippen LogP contribution < -0.4 is 0 Å². The molecule has 0 radical (unpaired) electrons. The summed E-state index contributed by atoms with van der Waals surface area (Å²) >= 11 is 0. The lowest BCUT2D eigenvalue weighted by Gasteiger charge is -2.48. The number of hydrogen-bond donors (Lipinski definition) is 0. The third-order valence-electron chi connectivity index (χ3n) is 3.68. The Morgan fingerprint density at radius 2 is 1.80 bits per heavy atom. The maximum Gasteiger partial charge on any atom is 0.253 e. The maximum atomic E-state index is 12.7. The predicted molar refractivity (Wildman–Crippen MR) is 53.0 cm³/mol. The van der Waals surface area contributed by atoms with Crippen LogP contribution in [0.5, 0.6) is 0 Å². The fourth-order valence-corrected chi connectivity index (χ4v) is 3.00. The lowest BCUT2D eigenvalue weighted by Crippen LogP contribution is -2.57. The van der Waals surface area contributed by atoms with Gasteiger partial charge in [-0.2, -0.15) is 0 Å². The normalized spacial score (nSPS) is 34.5. The van der Waals surface area contributed by atoms with Crippen LogP contribution in [0.1, 0.15) is 39.0 Å². The molecule has 2 aliphatic heterocycles. The van der Waals surface area contributed by atoms with Gasteiger partial charge >= 0.3 is 0 Å². The number of Topliss-reactive ketones (excluding diaryl/α,β-unsaturated/α-hetero) is 1. The highest BCUT2D eigenvalue weighted by Crippen LogP contribution is 2.35. The van der Waals surface area contributed by atoms with Gasteiger partial charge in [-0.3, -0.25) is 9.69 Å². The van der Waals surface area contributed by atoms with Crippen LogP contribution in [-0.2, 0) is 4.79 Å². The van der Waals surface area contributed by atoms with Crippen molar-refractivity contribution in [2.45, 2.75) is 63.6 Å². The van der Waals surface area contributed by atoms with E-state index in [-0.39, 0.29) is 17.9 Å². The fourth-order valence-electron chi connectivity index (χ4n) is 3.00. The van der Waals surface area contributed by atoms with E-state index >= 15 is 0 Å². The van der Waals surface area contributed by atoms with Gasteiger partial charge in [-0.1, -0.05) is 6.42 Å². The second kappa shape index (κ2) is 4.16. The molecule has 0 amide bonds. The van der Waals surface area contributed by atoms with E-state index in [0.29, 0.717) is 12.8 Å². The molecule has 0 spiro atoms. The second-order valence-corrected chi connectivity index (χ2v) is 4.71. The van der Waals surface area contributed by atoms with Crippen molar-refractivity contribution in [1.82, 2.24) is 4.90 Å². The van der Waals surface area contributed by atoms with Crippen molar-refractivity contribution in [1.29, 1.82) is 0 Å². The van der Waals surface area contributed by atoms with Crippen LogP contribution in [0.3, 0.4) is 0 Å². The molecule has 0 aromatic rings. The van der Waals surface area contributed by atoms with Crippen molar-refractivity contribution in [2.24, 2.45) is 0 Å². The van der Waals surface area contributed by atoms with E-state index in [2.05, 4.69) is 0 Å². The van der Waals surface area contributed by atoms with Gasteiger partial charge in [-0.15, -0.1) is 0 Å². The average Bonchev–Trinajstić information content (AvgIpc) is 2.15. The summed E-state index contributed by atoms with van der Waals surface area (Å²) in [7, 11) is 0. The van der Waals surface area contributed by atoms with Gasteiger partial charge in [-0.25, -0.2) is 8.78 Å². The van der Waals surface area contributed by atoms with Crippen molar-refractivity contribution in [3.63, 3.8) is 0 Å². The van der Waals surface area contributed by atoms with Crippen molar-refractivity contribution in [3.05, 3.63) is 0 Å². The first-order valence-electron chi connectivity index (χ1n) is 5.67. The number of carbonyl (C=O) groups is 1. The molecule has 0 N–H and O–H groups in total. The van der Waals surface area contributed by atoms with E-state index in [1.807, 2.05) is 4.90 Å². The van der Waals surface area contributed by atoms with Crippen molar-refractivity contribution in [2.75, 3.05) is 0 Å². The molecule has 0 saturated carbocycles. The number of fused-ring (bicyclic) bond motifs is 2. The van der Waals surface area contributed by atoms with Gasteiger partial charge in [0.1, 0.15) is 5.78 Å². The third-order valence-corrected chi connectivity index (χ3v) is 3.68. The molecule has 2 saturated heterocycles. The molecule has 2 nitrogen and oxygen atoms in total. The lowest BCUT2D eigenvalue weighted by molar-refractivity contribution is -0.131. The molecule has 4 heteroatoms. The Bertz CT molecular complexity index is 241. The Morgan fingerprint density at radius 1 is 1.27 bits per heavy atom. The summed E-state index contributed by atoms with van der Waals surface area (Å²) in [6.45, 7) is 1.58. The topological polar surface area (TPSA) is 20.3 Å². The highest BCUT2D eigenvalue weighted by atomic mass is 19.3. The standard InChI is InChI=1S/C11H17F2NO/c1-7(11(12)13)14-8-3-2-4-9(14)6-10(15)5-8/h7-9,11H,2-6H2,1H3. The molecule has 2 bridgehead atoms. The van der Waals surface area contributed by atoms with Gasteiger partial charge in [0.15, 0.2) is 0 Å². The van der Waals surface area contributed by atoms with Crippen molar-refractivity contribution in [3.8, 4) is 0 Å². The molecule has 15 heavy (non-hydrogen) atoms. The number of piperidine rings is 2. The van der Waals surface area contributed by atoms with Crippen LogP contribution in [0, 0.1) is 0 Å². The highest BCUT2D eigenvalue weighted by Gasteiger charge is 2.41. The van der Waals surface area contributed by atoms with Gasteiger partial charge < -0.3 is 0 Å². The molecule has 86 valence electrons. The summed E-state index contributed by atoms with van der Waals surface area (Å²) in [4.78, 5) is 13.3. The molecular weight excluding hydrogens is 200 g/mol. The average molecular weight is 217 g/mol. The molecular formula is C11H17F2NO. The Kier molecular flexibility index (Phi) is 3.05. The summed E-state index contributed by atoms with van der Waals surface area (Å²) in [6, 6.07) is -0.545. The largest absolute Gasteiger partial charge is 0.300 e. The first kappa shape index (κ1) is 11.0. The van der Waals surface area contributed by atoms with E-state index in [9.17, 15) is 13.6 Å². The number of nitrogens with zero attached hydrogens (tertiary/aromatic N) is 1. The predicted octanol–water partition coefficient (Wildman–Crippen LogP) is 2.23. The van der Waals surface area contributed by atoms with E-state index in [1.165, 1.54) is 0 Å². The number of halogens is 2. The Hall–Kier alpha value is -0.510. The first-order valence-corrected chi connectivity index (χ1v) is 5.67. The summed E-state index contributed by atoms with van der Waals surface area (Å²) in [5, 5.41) is 0. The van der Waals surface area contributed by atoms with E-state index in [0.717, 1.165) is 19.3 Å². The molecule has 2 aliphatic rings. The zero-order valence-corrected chi connectivity index (χ0v) is 8.96. The number of rotatable bonds is 2. The van der Waals surface area contributed by atoms with Gasteiger partial charge in [0.2, 0.25) is 0 Å². The number of hydrogen-bond acceptors (Lipinski definition) is 2. The minimum atomic E-state index is -2.30. The van der Waals surface area contributed by atoms with E-state index in [1.54, 1.807) is 6.92 Å². The lowest BCUT2D eigenvalue weighted by atomic mass is 9.82. The van der Waals surface area contributed by atoms with Crippen LogP contribution in [-0.4, -0.2) is 35.2 Å². The van der Waals surface area contributed by atoms with Crippen LogP contribution in [0.25, 0.3) is 0 Å². The quantitative estimate of drug-likeness (QED) is 0.707. The molecule has 3 unspecified atom stereocenters. The van der Waals surface area contributed by atoms with Gasteiger partial charge in [0, 0.05) is 24.9 Å². The Morgan fingerprint density at radius 3 is 2.27 bits per heavy atom. The molecule has 2 rings (SSSR count). The minimum absolute atomic E-state index is 0.0778. The van der Waals surface area contributed by atoms with Gasteiger partial charge in [-0.05, 0) is 19.8 Å². The molecule has 2 heterocycles. The second-order valence-electron chi connectivity index (χ2n) is 4.71. The first-order chi connectivity index (χ1) is 7.09. The zero-order valence-electron chi connectivity index (χ0n) is 8.96. The molecule has 0 aliphatic carbocycles. The monoisotopic (exact) mass is 217 g/mol. The Labute approximate surface area is 88.6 Å². The third kappa shape index (κ3) is 2.05. The fraction of sp³-hybridized carbons (Fsp3) is 0.909. The van der Waals surface area contributed by atoms with E-state index in [4.69, 9.17) is 0 Å². The van der Waals surface area contributed by atoms with Crippen LogP contribution in [0.2, 0.25) is 0 Å². The molecule has 0 aromatic carbocycles. The SMILES string of the molecule is CC(C(F)F)N1C2CCCC1CC(=O)C2. The van der Waals surface area contributed by atoms with Crippen molar-refractivity contribution < 1.29 is 13.6 Å². The van der Waals surface area contributed by atoms with E-state index < -0.39 is 12.5 Å². The van der Waals surface area contributed by atoms with Gasteiger partial charge in [0.25, 0.3) is 6.43 Å². The summed E-state index contributed by atoms with van der Waals surface area (Å²) in [5.74, 6) is 0.252. The van der Waals surface area contributed by atoms with Crippen molar-refractivity contribution >= 4 is 5.78 Å². The van der Waals surface area contributed by atoms with Gasteiger partial charge in [0.05, 0.1) is 6.04 Å². The van der Waals surface area contributed by atoms with Crippen LogP contribution in [0.4, 0.5) is 8.78 Å². The summed E-state index contributed by atoms with van der Waals surface area (Å²) in [6.07, 6.45) is 1.54. The summed E-state index contributed by atoms with van der Waals surface area (Å²) in [5.41, 5.74) is 0. The number of alkyl halides is 2. The molecule has 0 aromatic heterocycles. The number of carbonyl (C=O) groups excluding carboxylic acids is 1. The highest BCUT2D eigenvalue weighted by molar-refractivity contribution is 5.80.